The van der Waals surface area contributed by atoms with Crippen LogP contribution in [0.15, 0.2) is 18.2 Å². The molecule has 0 aliphatic carbocycles. The standard InChI is InChI=1S/C10H13F2N.ClH/c1-7-2-3-8(12)6-9(7)10(13)4-5-11;/h2-3,6,10H,4-5,13H2,1H3;1H/t10-;/m1./s1. The fourth-order valence-electron chi connectivity index (χ4n) is 1.28. The van der Waals surface area contributed by atoms with Crippen molar-refractivity contribution in [2.75, 3.05) is 6.67 Å². The Morgan fingerprint density at radius 2 is 2.07 bits per heavy atom. The highest BCUT2D eigenvalue weighted by molar-refractivity contribution is 5.85. The van der Waals surface area contributed by atoms with Crippen LogP contribution in [0.25, 0.3) is 0 Å². The van der Waals surface area contributed by atoms with Crippen LogP contribution < -0.4 is 5.73 Å². The SMILES string of the molecule is Cc1ccc(F)cc1[C@H](N)CCF.Cl. The smallest absolute Gasteiger partial charge is 0.123 e. The van der Waals surface area contributed by atoms with E-state index in [1.54, 1.807) is 6.07 Å². The number of hydrogen-bond acceptors (Lipinski definition) is 1. The van der Waals surface area contributed by atoms with Gasteiger partial charge in [0, 0.05) is 6.04 Å². The van der Waals surface area contributed by atoms with Crippen molar-refractivity contribution in [3.05, 3.63) is 35.1 Å². The van der Waals surface area contributed by atoms with Gasteiger partial charge in [-0.1, -0.05) is 6.07 Å². The molecule has 0 unspecified atom stereocenters. The third-order valence-corrected chi connectivity index (χ3v) is 2.06. The zero-order valence-corrected chi connectivity index (χ0v) is 8.78. The van der Waals surface area contributed by atoms with Crippen molar-refractivity contribution in [3.63, 3.8) is 0 Å². The predicted molar refractivity (Wildman–Crippen MR) is 55.9 cm³/mol. The summed E-state index contributed by atoms with van der Waals surface area (Å²) < 4.78 is 24.8. The molecule has 0 amide bonds. The van der Waals surface area contributed by atoms with Crippen LogP contribution in [-0.4, -0.2) is 6.67 Å². The molecule has 1 aromatic carbocycles. The molecule has 0 radical (unpaired) electrons. The summed E-state index contributed by atoms with van der Waals surface area (Å²) in [6.45, 7) is 1.37. The van der Waals surface area contributed by atoms with E-state index in [4.69, 9.17) is 5.73 Å². The second kappa shape index (κ2) is 5.94. The third kappa shape index (κ3) is 3.24. The van der Waals surface area contributed by atoms with Gasteiger partial charge in [-0.3, -0.25) is 4.39 Å². The molecular weight excluding hydrogens is 208 g/mol. The average Bonchev–Trinajstić information content (AvgIpc) is 2.09. The van der Waals surface area contributed by atoms with Gasteiger partial charge in [-0.05, 0) is 36.6 Å². The zero-order valence-electron chi connectivity index (χ0n) is 7.97. The van der Waals surface area contributed by atoms with Crippen LogP contribution in [0.1, 0.15) is 23.6 Å². The molecule has 1 nitrogen and oxygen atoms in total. The van der Waals surface area contributed by atoms with E-state index in [2.05, 4.69) is 0 Å². The Balaban J connectivity index is 0.00000169. The van der Waals surface area contributed by atoms with E-state index in [1.807, 2.05) is 6.92 Å². The molecule has 0 bridgehead atoms. The van der Waals surface area contributed by atoms with E-state index in [0.717, 1.165) is 5.56 Å². The van der Waals surface area contributed by atoms with Gasteiger partial charge < -0.3 is 5.73 Å². The Hall–Kier alpha value is -0.670. The summed E-state index contributed by atoms with van der Waals surface area (Å²) in [6.07, 6.45) is 0.240. The Morgan fingerprint density at radius 3 is 2.64 bits per heavy atom. The molecule has 1 atom stereocenters. The first-order valence-corrected chi connectivity index (χ1v) is 4.22. The lowest BCUT2D eigenvalue weighted by Crippen LogP contribution is -2.12. The van der Waals surface area contributed by atoms with Gasteiger partial charge >= 0.3 is 0 Å². The summed E-state index contributed by atoms with van der Waals surface area (Å²) >= 11 is 0. The van der Waals surface area contributed by atoms with Crippen molar-refractivity contribution in [2.24, 2.45) is 5.73 Å². The predicted octanol–water partition coefficient (Wildman–Crippen LogP) is 2.92. The first-order valence-electron chi connectivity index (χ1n) is 4.22. The van der Waals surface area contributed by atoms with Gasteiger partial charge in [0.15, 0.2) is 0 Å². The Kier molecular flexibility index (Phi) is 5.65. The summed E-state index contributed by atoms with van der Waals surface area (Å²) in [4.78, 5) is 0. The van der Waals surface area contributed by atoms with E-state index < -0.39 is 12.7 Å². The van der Waals surface area contributed by atoms with Gasteiger partial charge in [-0.2, -0.15) is 0 Å². The molecule has 0 heterocycles. The van der Waals surface area contributed by atoms with Gasteiger partial charge in [0.25, 0.3) is 0 Å². The van der Waals surface area contributed by atoms with Crippen molar-refractivity contribution in [1.29, 1.82) is 0 Å². The Labute approximate surface area is 88.7 Å². The normalized spacial score (nSPS) is 12.0. The summed E-state index contributed by atoms with van der Waals surface area (Å²) in [7, 11) is 0. The summed E-state index contributed by atoms with van der Waals surface area (Å²) in [5.41, 5.74) is 7.27. The molecular formula is C10H14ClF2N. The highest BCUT2D eigenvalue weighted by Crippen LogP contribution is 2.19. The Morgan fingerprint density at radius 1 is 1.43 bits per heavy atom. The highest BCUT2D eigenvalue weighted by atomic mass is 35.5. The van der Waals surface area contributed by atoms with E-state index in [9.17, 15) is 8.78 Å². The zero-order chi connectivity index (χ0) is 9.84. The largest absolute Gasteiger partial charge is 0.324 e. The Bertz CT molecular complexity index is 291. The molecule has 0 saturated carbocycles. The maximum Gasteiger partial charge on any atom is 0.123 e. The molecule has 4 heteroatoms. The van der Waals surface area contributed by atoms with Gasteiger partial charge in [0.1, 0.15) is 5.82 Å². The topological polar surface area (TPSA) is 26.0 Å². The van der Waals surface area contributed by atoms with Crippen LogP contribution >= 0.6 is 12.4 Å². The molecule has 14 heavy (non-hydrogen) atoms. The minimum atomic E-state index is -0.475. The molecule has 2 N–H and O–H groups in total. The first kappa shape index (κ1) is 13.3. The number of benzene rings is 1. The summed E-state index contributed by atoms with van der Waals surface area (Å²) in [5, 5.41) is 0. The number of aryl methyl sites for hydroxylation is 1. The fourth-order valence-corrected chi connectivity index (χ4v) is 1.28. The minimum Gasteiger partial charge on any atom is -0.324 e. The quantitative estimate of drug-likeness (QED) is 0.835. The van der Waals surface area contributed by atoms with Crippen LogP contribution in [0.2, 0.25) is 0 Å². The summed E-state index contributed by atoms with van der Waals surface area (Å²) in [6, 6.07) is 4.00. The molecule has 0 aromatic heterocycles. The molecule has 0 spiro atoms. The second-order valence-electron chi connectivity index (χ2n) is 3.09. The third-order valence-electron chi connectivity index (χ3n) is 2.06. The molecule has 0 saturated heterocycles. The minimum absolute atomic E-state index is 0. The van der Waals surface area contributed by atoms with Crippen LogP contribution in [0, 0.1) is 12.7 Å². The second-order valence-corrected chi connectivity index (χ2v) is 3.09. The van der Waals surface area contributed by atoms with Gasteiger partial charge in [-0.15, -0.1) is 12.4 Å². The fraction of sp³-hybridized carbons (Fsp3) is 0.400. The lowest BCUT2D eigenvalue weighted by Gasteiger charge is -2.12. The molecule has 0 aliphatic heterocycles. The van der Waals surface area contributed by atoms with Crippen LogP contribution in [0.3, 0.4) is 0 Å². The average molecular weight is 222 g/mol. The maximum absolute atomic E-state index is 12.8. The number of halogens is 3. The number of hydrogen-bond donors (Lipinski definition) is 1. The van der Waals surface area contributed by atoms with E-state index in [1.165, 1.54) is 12.1 Å². The van der Waals surface area contributed by atoms with E-state index in [-0.39, 0.29) is 24.6 Å². The molecule has 80 valence electrons. The number of rotatable bonds is 3. The summed E-state index contributed by atoms with van der Waals surface area (Å²) in [5.74, 6) is -0.324. The van der Waals surface area contributed by atoms with Gasteiger partial charge in [0.05, 0.1) is 6.67 Å². The van der Waals surface area contributed by atoms with Crippen LogP contribution in [0.4, 0.5) is 8.78 Å². The number of nitrogens with two attached hydrogens (primary N) is 1. The van der Waals surface area contributed by atoms with Gasteiger partial charge in [-0.25, -0.2) is 4.39 Å². The van der Waals surface area contributed by atoms with Crippen molar-refractivity contribution >= 4 is 12.4 Å². The molecule has 1 aromatic rings. The molecule has 0 fully saturated rings. The maximum atomic E-state index is 12.8. The molecule has 1 rings (SSSR count). The molecule has 0 aliphatic rings. The van der Waals surface area contributed by atoms with Crippen LogP contribution in [-0.2, 0) is 0 Å². The number of alkyl halides is 1. The lowest BCUT2D eigenvalue weighted by molar-refractivity contribution is 0.440. The van der Waals surface area contributed by atoms with Gasteiger partial charge in [0.2, 0.25) is 0 Å². The van der Waals surface area contributed by atoms with Crippen LogP contribution in [0.5, 0.6) is 0 Å². The van der Waals surface area contributed by atoms with Crippen molar-refractivity contribution in [1.82, 2.24) is 0 Å². The van der Waals surface area contributed by atoms with Crippen molar-refractivity contribution in [2.45, 2.75) is 19.4 Å². The van der Waals surface area contributed by atoms with E-state index >= 15 is 0 Å². The lowest BCUT2D eigenvalue weighted by atomic mass is 10.00. The van der Waals surface area contributed by atoms with E-state index in [0.29, 0.717) is 5.56 Å². The first-order chi connectivity index (χ1) is 6.15. The van der Waals surface area contributed by atoms with Crippen molar-refractivity contribution in [3.8, 4) is 0 Å². The monoisotopic (exact) mass is 221 g/mol. The highest BCUT2D eigenvalue weighted by Gasteiger charge is 2.09. The van der Waals surface area contributed by atoms with Crippen molar-refractivity contribution < 1.29 is 8.78 Å².